The van der Waals surface area contributed by atoms with Crippen molar-refractivity contribution >= 4 is 5.69 Å². The molecule has 0 spiro atoms. The van der Waals surface area contributed by atoms with E-state index in [2.05, 4.69) is 6.58 Å². The van der Waals surface area contributed by atoms with Gasteiger partial charge in [0.25, 0.3) is 0 Å². The van der Waals surface area contributed by atoms with Crippen LogP contribution >= 0.6 is 0 Å². The van der Waals surface area contributed by atoms with Crippen LogP contribution in [0.25, 0.3) is 0 Å². The lowest BCUT2D eigenvalue weighted by molar-refractivity contribution is -0.385. The van der Waals surface area contributed by atoms with E-state index in [0.717, 1.165) is 24.0 Å². The molecule has 0 aromatic heterocycles. The third-order valence-corrected chi connectivity index (χ3v) is 3.35. The number of rotatable bonds is 4. The summed E-state index contributed by atoms with van der Waals surface area (Å²) in [4.78, 5) is 10.6. The predicted molar refractivity (Wildman–Crippen MR) is 67.5 cm³/mol. The quantitative estimate of drug-likeness (QED) is 0.467. The van der Waals surface area contributed by atoms with Crippen LogP contribution in [0, 0.1) is 10.1 Å². The standard InChI is InChI=1S/C13H15NO4/c1-4-8-5-6-9-10(8)7-11(14(15)16)13(18-3)12(9)17-2/h4,7-8H,1,5-6H2,2-3H3. The van der Waals surface area contributed by atoms with Crippen molar-refractivity contribution in [2.24, 2.45) is 0 Å². The van der Waals surface area contributed by atoms with Gasteiger partial charge in [0.2, 0.25) is 5.75 Å². The summed E-state index contributed by atoms with van der Waals surface area (Å²) in [6, 6.07) is 1.58. The highest BCUT2D eigenvalue weighted by atomic mass is 16.6. The minimum Gasteiger partial charge on any atom is -0.492 e. The zero-order chi connectivity index (χ0) is 13.3. The molecule has 1 aromatic rings. The highest BCUT2D eigenvalue weighted by Crippen LogP contribution is 2.48. The Hall–Kier alpha value is -2.04. The van der Waals surface area contributed by atoms with E-state index >= 15 is 0 Å². The molecule has 0 saturated carbocycles. The topological polar surface area (TPSA) is 61.6 Å². The summed E-state index contributed by atoms with van der Waals surface area (Å²) in [7, 11) is 2.92. The Morgan fingerprint density at radius 1 is 1.44 bits per heavy atom. The zero-order valence-corrected chi connectivity index (χ0v) is 10.4. The van der Waals surface area contributed by atoms with Crippen LogP contribution in [0.15, 0.2) is 18.7 Å². The molecule has 1 aromatic carbocycles. The van der Waals surface area contributed by atoms with Crippen molar-refractivity contribution in [1.29, 1.82) is 0 Å². The Morgan fingerprint density at radius 2 is 2.11 bits per heavy atom. The Morgan fingerprint density at radius 3 is 2.61 bits per heavy atom. The second-order valence-corrected chi connectivity index (χ2v) is 4.17. The molecule has 0 aliphatic heterocycles. The smallest absolute Gasteiger partial charge is 0.315 e. The zero-order valence-electron chi connectivity index (χ0n) is 10.4. The normalized spacial score (nSPS) is 17.1. The summed E-state index contributed by atoms with van der Waals surface area (Å²) in [5.74, 6) is 0.829. The fourth-order valence-electron chi connectivity index (χ4n) is 2.52. The minimum absolute atomic E-state index is 0.0538. The fraction of sp³-hybridized carbons (Fsp3) is 0.385. The van der Waals surface area contributed by atoms with E-state index in [4.69, 9.17) is 9.47 Å². The summed E-state index contributed by atoms with van der Waals surface area (Å²) in [6.45, 7) is 3.77. The molecule has 0 radical (unpaired) electrons. The van der Waals surface area contributed by atoms with E-state index in [1.54, 1.807) is 6.07 Å². The Kier molecular flexibility index (Phi) is 3.23. The van der Waals surface area contributed by atoms with Crippen molar-refractivity contribution in [1.82, 2.24) is 0 Å². The Bertz CT molecular complexity index is 510. The van der Waals surface area contributed by atoms with Crippen LogP contribution in [-0.4, -0.2) is 19.1 Å². The van der Waals surface area contributed by atoms with Gasteiger partial charge in [0.1, 0.15) is 0 Å². The average molecular weight is 249 g/mol. The number of hydrogen-bond acceptors (Lipinski definition) is 4. The SMILES string of the molecule is C=CC1CCc2c1cc([N+](=O)[O-])c(OC)c2OC. The molecule has 1 atom stereocenters. The molecule has 1 unspecified atom stereocenters. The first-order chi connectivity index (χ1) is 8.63. The molecular formula is C13H15NO4. The summed E-state index contributed by atoms with van der Waals surface area (Å²) in [5.41, 5.74) is 1.86. The number of hydrogen-bond donors (Lipinski definition) is 0. The molecule has 0 saturated heterocycles. The summed E-state index contributed by atoms with van der Waals surface area (Å²) >= 11 is 0. The second kappa shape index (κ2) is 4.68. The summed E-state index contributed by atoms with van der Waals surface area (Å²) in [5, 5.41) is 11.1. The molecule has 5 heteroatoms. The van der Waals surface area contributed by atoms with Gasteiger partial charge in [0, 0.05) is 17.5 Å². The van der Waals surface area contributed by atoms with Crippen molar-refractivity contribution in [3.8, 4) is 11.5 Å². The van der Waals surface area contributed by atoms with Gasteiger partial charge in [-0.3, -0.25) is 10.1 Å². The highest BCUT2D eigenvalue weighted by molar-refractivity contribution is 5.65. The first-order valence-corrected chi connectivity index (χ1v) is 5.68. The van der Waals surface area contributed by atoms with Crippen molar-refractivity contribution in [2.75, 3.05) is 14.2 Å². The van der Waals surface area contributed by atoms with Gasteiger partial charge < -0.3 is 9.47 Å². The number of nitrogens with zero attached hydrogens (tertiary/aromatic N) is 1. The Balaban J connectivity index is 2.71. The van der Waals surface area contributed by atoms with Gasteiger partial charge in [0.05, 0.1) is 19.1 Å². The minimum atomic E-state index is -0.444. The average Bonchev–Trinajstić information content (AvgIpc) is 2.78. The van der Waals surface area contributed by atoms with Gasteiger partial charge in [-0.25, -0.2) is 0 Å². The molecule has 96 valence electrons. The van der Waals surface area contributed by atoms with Crippen LogP contribution in [0.2, 0.25) is 0 Å². The maximum absolute atomic E-state index is 11.1. The number of fused-ring (bicyclic) bond motifs is 1. The van der Waals surface area contributed by atoms with Gasteiger partial charge in [-0.15, -0.1) is 6.58 Å². The monoisotopic (exact) mass is 249 g/mol. The van der Waals surface area contributed by atoms with E-state index in [1.807, 2.05) is 6.08 Å². The molecule has 1 aliphatic carbocycles. The van der Waals surface area contributed by atoms with Crippen LogP contribution in [0.4, 0.5) is 5.69 Å². The van der Waals surface area contributed by atoms with E-state index in [1.165, 1.54) is 14.2 Å². The number of nitro benzene ring substituents is 1. The maximum Gasteiger partial charge on any atom is 0.315 e. The second-order valence-electron chi connectivity index (χ2n) is 4.17. The third kappa shape index (κ3) is 1.72. The third-order valence-electron chi connectivity index (χ3n) is 3.35. The van der Waals surface area contributed by atoms with Gasteiger partial charge in [-0.05, 0) is 18.4 Å². The van der Waals surface area contributed by atoms with E-state index in [-0.39, 0.29) is 17.4 Å². The van der Waals surface area contributed by atoms with Crippen LogP contribution in [0.3, 0.4) is 0 Å². The van der Waals surface area contributed by atoms with Gasteiger partial charge >= 0.3 is 5.69 Å². The molecule has 0 amide bonds. The van der Waals surface area contributed by atoms with Crippen molar-refractivity contribution < 1.29 is 14.4 Å². The highest BCUT2D eigenvalue weighted by Gasteiger charge is 2.32. The van der Waals surface area contributed by atoms with Crippen LogP contribution in [0.1, 0.15) is 23.5 Å². The molecule has 1 aliphatic rings. The fourth-order valence-corrected chi connectivity index (χ4v) is 2.52. The lowest BCUT2D eigenvalue weighted by Gasteiger charge is -2.13. The molecule has 0 bridgehead atoms. The maximum atomic E-state index is 11.1. The summed E-state index contributed by atoms with van der Waals surface area (Å²) in [6.07, 6.45) is 3.55. The van der Waals surface area contributed by atoms with E-state index in [9.17, 15) is 10.1 Å². The molecule has 18 heavy (non-hydrogen) atoms. The van der Waals surface area contributed by atoms with Crippen LogP contribution in [-0.2, 0) is 6.42 Å². The molecule has 0 fully saturated rings. The van der Waals surface area contributed by atoms with Crippen molar-refractivity contribution in [2.45, 2.75) is 18.8 Å². The first kappa shape index (κ1) is 12.4. The molecule has 0 heterocycles. The van der Waals surface area contributed by atoms with Gasteiger partial charge in [-0.2, -0.15) is 0 Å². The molecular weight excluding hydrogens is 234 g/mol. The molecule has 2 rings (SSSR count). The lowest BCUT2D eigenvalue weighted by atomic mass is 10.00. The summed E-state index contributed by atoms with van der Waals surface area (Å²) < 4.78 is 10.4. The Labute approximate surface area is 105 Å². The number of nitro groups is 1. The molecule has 0 N–H and O–H groups in total. The van der Waals surface area contributed by atoms with Crippen LogP contribution < -0.4 is 9.47 Å². The van der Waals surface area contributed by atoms with Gasteiger partial charge in [0.15, 0.2) is 5.75 Å². The predicted octanol–water partition coefficient (Wildman–Crippen LogP) is 2.83. The van der Waals surface area contributed by atoms with Crippen molar-refractivity contribution in [3.05, 3.63) is 40.0 Å². The number of methoxy groups -OCH3 is 2. The van der Waals surface area contributed by atoms with Gasteiger partial charge in [-0.1, -0.05) is 6.08 Å². The van der Waals surface area contributed by atoms with E-state index < -0.39 is 4.92 Å². The van der Waals surface area contributed by atoms with Crippen molar-refractivity contribution in [3.63, 3.8) is 0 Å². The number of allylic oxidation sites excluding steroid dienone is 1. The number of benzene rings is 1. The molecule has 5 nitrogen and oxygen atoms in total. The first-order valence-electron chi connectivity index (χ1n) is 5.68. The lowest BCUT2D eigenvalue weighted by Crippen LogP contribution is -2.01. The number of ether oxygens (including phenoxy) is 2. The van der Waals surface area contributed by atoms with Crippen LogP contribution in [0.5, 0.6) is 11.5 Å². The largest absolute Gasteiger partial charge is 0.492 e. The van der Waals surface area contributed by atoms with E-state index in [0.29, 0.717) is 5.75 Å².